The first-order chi connectivity index (χ1) is 11.5. The van der Waals surface area contributed by atoms with E-state index in [1.54, 1.807) is 19.2 Å². The van der Waals surface area contributed by atoms with Gasteiger partial charge in [-0.3, -0.25) is 19.4 Å². The van der Waals surface area contributed by atoms with Crippen LogP contribution in [0.4, 0.5) is 5.69 Å². The van der Waals surface area contributed by atoms with E-state index in [1.807, 2.05) is 42.3 Å². The van der Waals surface area contributed by atoms with Crippen LogP contribution in [-0.4, -0.2) is 37.4 Å². The number of hydrogen-bond acceptors (Lipinski definition) is 4. The number of anilines is 1. The van der Waals surface area contributed by atoms with Crippen LogP contribution in [0.25, 0.3) is 0 Å². The van der Waals surface area contributed by atoms with Crippen LogP contribution in [0.2, 0.25) is 0 Å². The van der Waals surface area contributed by atoms with Gasteiger partial charge < -0.3 is 4.74 Å². The summed E-state index contributed by atoms with van der Waals surface area (Å²) in [5, 5.41) is 0. The van der Waals surface area contributed by atoms with E-state index in [0.717, 1.165) is 15.8 Å². The summed E-state index contributed by atoms with van der Waals surface area (Å²) in [7, 11) is 3.54. The van der Waals surface area contributed by atoms with Crippen molar-refractivity contribution in [3.8, 4) is 5.75 Å². The monoisotopic (exact) mass is 388 g/mol. The predicted octanol–water partition coefficient (Wildman–Crippen LogP) is 3.08. The summed E-state index contributed by atoms with van der Waals surface area (Å²) in [6, 6.07) is 13.1. The molecule has 0 radical (unpaired) electrons. The second kappa shape index (κ2) is 6.75. The quantitative estimate of drug-likeness (QED) is 0.738. The third-order valence-electron chi connectivity index (χ3n) is 3.94. The molecule has 0 spiro atoms. The Bertz CT molecular complexity index is 789. The number of rotatable bonds is 5. The van der Waals surface area contributed by atoms with Gasteiger partial charge in [-0.2, -0.15) is 0 Å². The fourth-order valence-corrected chi connectivity index (χ4v) is 3.36. The molecule has 0 aliphatic carbocycles. The van der Waals surface area contributed by atoms with Crippen LogP contribution in [0.15, 0.2) is 46.9 Å². The van der Waals surface area contributed by atoms with Crippen molar-refractivity contribution in [1.29, 1.82) is 0 Å². The summed E-state index contributed by atoms with van der Waals surface area (Å²) in [5.74, 6) is -0.137. The zero-order chi connectivity index (χ0) is 17.3. The van der Waals surface area contributed by atoms with E-state index in [4.69, 9.17) is 4.74 Å². The van der Waals surface area contributed by atoms with Crippen LogP contribution in [-0.2, 0) is 11.3 Å². The molecule has 0 saturated carbocycles. The molecule has 1 aliphatic rings. The number of Topliss-reactive ketones (excluding diaryl/α,β-unsaturated/α-hetero) is 1. The minimum Gasteiger partial charge on any atom is -0.497 e. The van der Waals surface area contributed by atoms with Gasteiger partial charge in [-0.1, -0.05) is 18.2 Å². The highest BCUT2D eigenvalue weighted by molar-refractivity contribution is 9.10. The fraction of sp³-hybridized carbons (Fsp3) is 0.222. The first-order valence-electron chi connectivity index (χ1n) is 7.47. The average Bonchev–Trinajstić information content (AvgIpc) is 2.82. The highest BCUT2D eigenvalue weighted by Crippen LogP contribution is 2.35. The van der Waals surface area contributed by atoms with Gasteiger partial charge in [-0.25, -0.2) is 0 Å². The normalized spacial score (nSPS) is 13.6. The third kappa shape index (κ3) is 3.07. The molecular formula is C18H17BrN2O3. The van der Waals surface area contributed by atoms with Crippen molar-refractivity contribution in [2.24, 2.45) is 0 Å². The van der Waals surface area contributed by atoms with E-state index in [9.17, 15) is 9.59 Å². The molecule has 3 rings (SSSR count). The highest BCUT2D eigenvalue weighted by atomic mass is 79.9. The van der Waals surface area contributed by atoms with Crippen LogP contribution < -0.4 is 9.64 Å². The first kappa shape index (κ1) is 16.7. The topological polar surface area (TPSA) is 49.9 Å². The van der Waals surface area contributed by atoms with E-state index in [0.29, 0.717) is 24.5 Å². The maximum atomic E-state index is 12.3. The Morgan fingerprint density at radius 3 is 2.50 bits per heavy atom. The minimum absolute atomic E-state index is 0.339. The summed E-state index contributed by atoms with van der Waals surface area (Å²) in [5.41, 5.74) is 2.20. The van der Waals surface area contributed by atoms with Gasteiger partial charge in [0, 0.05) is 11.0 Å². The van der Waals surface area contributed by atoms with Gasteiger partial charge in [-0.15, -0.1) is 0 Å². The van der Waals surface area contributed by atoms with Crippen molar-refractivity contribution in [2.45, 2.75) is 6.54 Å². The number of ketones is 1. The molecule has 0 N–H and O–H groups in total. The number of carbonyl (C=O) groups is 2. The van der Waals surface area contributed by atoms with Crippen LogP contribution in [0, 0.1) is 0 Å². The first-order valence-corrected chi connectivity index (χ1v) is 8.26. The highest BCUT2D eigenvalue weighted by Gasteiger charge is 2.37. The molecule has 0 saturated heterocycles. The summed E-state index contributed by atoms with van der Waals surface area (Å²) < 4.78 is 5.90. The van der Waals surface area contributed by atoms with Crippen molar-refractivity contribution >= 4 is 33.3 Å². The zero-order valence-corrected chi connectivity index (χ0v) is 15.0. The number of ether oxygens (including phenoxy) is 1. The number of para-hydroxylation sites is 1. The standard InChI is InChI=1S/C18H17BrN2O3/c1-20(10-12-6-8-13(24-2)9-7-12)11-21-16-14(17(22)18(21)23)4-3-5-15(16)19/h3-9H,10-11H2,1-2H3. The molecule has 0 unspecified atom stereocenters. The second-order valence-corrected chi connectivity index (χ2v) is 6.56. The van der Waals surface area contributed by atoms with Crippen molar-refractivity contribution in [3.05, 3.63) is 58.1 Å². The molecule has 0 atom stereocenters. The Balaban J connectivity index is 1.76. The molecule has 5 nitrogen and oxygen atoms in total. The molecular weight excluding hydrogens is 372 g/mol. The Morgan fingerprint density at radius 1 is 1.12 bits per heavy atom. The Kier molecular flexibility index (Phi) is 4.69. The number of benzene rings is 2. The summed E-state index contributed by atoms with van der Waals surface area (Å²) in [6.07, 6.45) is 0. The Labute approximate surface area is 148 Å². The smallest absolute Gasteiger partial charge is 0.300 e. The average molecular weight is 389 g/mol. The summed E-state index contributed by atoms with van der Waals surface area (Å²) in [4.78, 5) is 27.9. The number of fused-ring (bicyclic) bond motifs is 1. The van der Waals surface area contributed by atoms with Gasteiger partial charge in [0.15, 0.2) is 0 Å². The molecule has 6 heteroatoms. The third-order valence-corrected chi connectivity index (χ3v) is 4.58. The molecule has 124 valence electrons. The van der Waals surface area contributed by atoms with Crippen molar-refractivity contribution in [1.82, 2.24) is 4.90 Å². The van der Waals surface area contributed by atoms with Gasteiger partial charge in [0.2, 0.25) is 0 Å². The number of halogens is 1. The molecule has 0 aromatic heterocycles. The van der Waals surface area contributed by atoms with Crippen LogP contribution in [0.5, 0.6) is 5.75 Å². The van der Waals surface area contributed by atoms with Crippen molar-refractivity contribution < 1.29 is 14.3 Å². The molecule has 1 heterocycles. The van der Waals surface area contributed by atoms with Gasteiger partial charge in [-0.05, 0) is 52.8 Å². The molecule has 0 bridgehead atoms. The number of amides is 1. The molecule has 1 amide bonds. The lowest BCUT2D eigenvalue weighted by atomic mass is 10.1. The zero-order valence-electron chi connectivity index (χ0n) is 13.5. The van der Waals surface area contributed by atoms with Crippen LogP contribution >= 0.6 is 15.9 Å². The van der Waals surface area contributed by atoms with Gasteiger partial charge >= 0.3 is 5.91 Å². The SMILES string of the molecule is COc1ccc(CN(C)CN2C(=O)C(=O)c3cccc(Br)c32)cc1. The van der Waals surface area contributed by atoms with E-state index in [1.165, 1.54) is 4.90 Å². The fourth-order valence-electron chi connectivity index (χ4n) is 2.78. The second-order valence-electron chi connectivity index (χ2n) is 5.70. The van der Waals surface area contributed by atoms with E-state index >= 15 is 0 Å². The molecule has 2 aromatic rings. The van der Waals surface area contributed by atoms with Gasteiger partial charge in [0.25, 0.3) is 5.78 Å². The van der Waals surface area contributed by atoms with Crippen molar-refractivity contribution in [3.63, 3.8) is 0 Å². The lowest BCUT2D eigenvalue weighted by Crippen LogP contribution is -2.39. The minimum atomic E-state index is -0.488. The van der Waals surface area contributed by atoms with E-state index in [2.05, 4.69) is 15.9 Å². The molecule has 1 aliphatic heterocycles. The lowest BCUT2D eigenvalue weighted by Gasteiger charge is -2.25. The predicted molar refractivity (Wildman–Crippen MR) is 95.3 cm³/mol. The Hall–Kier alpha value is -2.18. The Morgan fingerprint density at radius 2 is 1.83 bits per heavy atom. The largest absolute Gasteiger partial charge is 0.497 e. The number of methoxy groups -OCH3 is 1. The van der Waals surface area contributed by atoms with Crippen LogP contribution in [0.1, 0.15) is 15.9 Å². The van der Waals surface area contributed by atoms with E-state index < -0.39 is 11.7 Å². The van der Waals surface area contributed by atoms with Crippen LogP contribution in [0.3, 0.4) is 0 Å². The van der Waals surface area contributed by atoms with E-state index in [-0.39, 0.29) is 0 Å². The number of nitrogens with zero attached hydrogens (tertiary/aromatic N) is 2. The molecule has 0 fully saturated rings. The summed E-state index contributed by atoms with van der Waals surface area (Å²) in [6.45, 7) is 0.994. The molecule has 2 aromatic carbocycles. The molecule has 24 heavy (non-hydrogen) atoms. The van der Waals surface area contributed by atoms with Gasteiger partial charge in [0.05, 0.1) is 25.0 Å². The lowest BCUT2D eigenvalue weighted by molar-refractivity contribution is -0.114. The number of hydrogen-bond donors (Lipinski definition) is 0. The van der Waals surface area contributed by atoms with Crippen molar-refractivity contribution in [2.75, 3.05) is 25.7 Å². The maximum Gasteiger partial charge on any atom is 0.300 e. The van der Waals surface area contributed by atoms with Gasteiger partial charge in [0.1, 0.15) is 5.75 Å². The number of carbonyl (C=O) groups excluding carboxylic acids is 2. The maximum absolute atomic E-state index is 12.3. The summed E-state index contributed by atoms with van der Waals surface area (Å²) >= 11 is 3.44.